The molecule has 25 heavy (non-hydrogen) atoms. The molecule has 0 radical (unpaired) electrons. The second-order valence-corrected chi connectivity index (χ2v) is 9.30. The molecule has 150 valence electrons. The molecular weight excluding hydrogens is 451 g/mol. The average Bonchev–Trinajstić information content (AvgIpc) is 2.75. The van der Waals surface area contributed by atoms with Crippen molar-refractivity contribution in [1.29, 1.82) is 0 Å². The molecule has 0 aromatic rings. The normalized spacial score (nSPS) is 18.4. The lowest BCUT2D eigenvalue weighted by molar-refractivity contribution is 0.166. The van der Waals surface area contributed by atoms with Gasteiger partial charge in [-0.3, -0.25) is 9.89 Å². The van der Waals surface area contributed by atoms with Gasteiger partial charge < -0.3 is 10.6 Å². The van der Waals surface area contributed by atoms with Gasteiger partial charge in [-0.1, -0.05) is 26.7 Å². The van der Waals surface area contributed by atoms with Crippen LogP contribution in [0.25, 0.3) is 0 Å². The summed E-state index contributed by atoms with van der Waals surface area (Å²) < 4.78 is 22.5. The van der Waals surface area contributed by atoms with Crippen LogP contribution in [0, 0.1) is 5.92 Å². The molecule has 1 fully saturated rings. The molecule has 1 unspecified atom stereocenters. The predicted molar refractivity (Wildman–Crippen MR) is 118 cm³/mol. The summed E-state index contributed by atoms with van der Waals surface area (Å²) >= 11 is 0. The van der Waals surface area contributed by atoms with Gasteiger partial charge in [-0.15, -0.1) is 24.0 Å². The number of nitrogens with zero attached hydrogens (tertiary/aromatic N) is 2. The summed E-state index contributed by atoms with van der Waals surface area (Å²) in [5.74, 6) is 1.38. The molecule has 0 aromatic heterocycles. The maximum absolute atomic E-state index is 11.3. The van der Waals surface area contributed by atoms with Crippen molar-refractivity contribution in [2.24, 2.45) is 10.9 Å². The Kier molecular flexibility index (Phi) is 13.1. The molecule has 2 N–H and O–H groups in total. The first kappa shape index (κ1) is 24.9. The first-order chi connectivity index (χ1) is 11.3. The van der Waals surface area contributed by atoms with Crippen molar-refractivity contribution in [3.8, 4) is 0 Å². The Balaban J connectivity index is 0.00000576. The van der Waals surface area contributed by atoms with Gasteiger partial charge in [-0.05, 0) is 38.8 Å². The van der Waals surface area contributed by atoms with Gasteiger partial charge in [0.1, 0.15) is 9.84 Å². The molecule has 1 heterocycles. The van der Waals surface area contributed by atoms with Crippen LogP contribution in [0.15, 0.2) is 4.99 Å². The Labute approximate surface area is 171 Å². The highest BCUT2D eigenvalue weighted by atomic mass is 127. The topological polar surface area (TPSA) is 73.8 Å². The highest BCUT2D eigenvalue weighted by molar-refractivity contribution is 14.0. The standard InChI is InChI=1S/C17H36N4O2S.HI/c1-5-18-17(19-10-13-24(4,22)23)20-14-16(15(2)3)21-11-8-6-7-9-12-21;/h15-16H,5-14H2,1-4H3,(H2,18,19,20);1H. The number of hydrogen-bond donors (Lipinski definition) is 2. The number of aliphatic imine (C=N–C) groups is 1. The summed E-state index contributed by atoms with van der Waals surface area (Å²) in [6.07, 6.45) is 6.48. The van der Waals surface area contributed by atoms with E-state index in [1.54, 1.807) is 0 Å². The van der Waals surface area contributed by atoms with E-state index < -0.39 is 9.84 Å². The second kappa shape index (κ2) is 13.1. The smallest absolute Gasteiger partial charge is 0.191 e. The predicted octanol–water partition coefficient (Wildman–Crippen LogP) is 2.10. The number of likely N-dealkylation sites (tertiary alicyclic amines) is 1. The van der Waals surface area contributed by atoms with Gasteiger partial charge in [0.05, 0.1) is 12.3 Å². The van der Waals surface area contributed by atoms with Crippen molar-refractivity contribution in [1.82, 2.24) is 15.5 Å². The lowest BCUT2D eigenvalue weighted by Crippen LogP contribution is -2.44. The van der Waals surface area contributed by atoms with E-state index in [1.165, 1.54) is 31.9 Å². The molecule has 1 aliphatic heterocycles. The minimum Gasteiger partial charge on any atom is -0.357 e. The third-order valence-electron chi connectivity index (χ3n) is 4.43. The third kappa shape index (κ3) is 11.3. The zero-order valence-corrected chi connectivity index (χ0v) is 19.4. The Bertz CT molecular complexity index is 475. The quantitative estimate of drug-likeness (QED) is 0.311. The molecule has 0 aliphatic carbocycles. The number of hydrogen-bond acceptors (Lipinski definition) is 4. The fourth-order valence-corrected chi connectivity index (χ4v) is 3.53. The zero-order valence-electron chi connectivity index (χ0n) is 16.3. The van der Waals surface area contributed by atoms with Crippen LogP contribution in [0.1, 0.15) is 46.5 Å². The van der Waals surface area contributed by atoms with Gasteiger partial charge in [-0.2, -0.15) is 0 Å². The van der Waals surface area contributed by atoms with Crippen LogP contribution in [0.5, 0.6) is 0 Å². The van der Waals surface area contributed by atoms with E-state index in [0.717, 1.165) is 26.2 Å². The van der Waals surface area contributed by atoms with E-state index in [4.69, 9.17) is 4.99 Å². The van der Waals surface area contributed by atoms with E-state index in [-0.39, 0.29) is 29.7 Å². The highest BCUT2D eigenvalue weighted by Gasteiger charge is 2.22. The average molecular weight is 488 g/mol. The Morgan fingerprint density at radius 1 is 1.12 bits per heavy atom. The monoisotopic (exact) mass is 488 g/mol. The number of halogens is 1. The molecule has 8 heteroatoms. The lowest BCUT2D eigenvalue weighted by atomic mass is 10.0. The Morgan fingerprint density at radius 3 is 2.20 bits per heavy atom. The number of guanidine groups is 1. The Morgan fingerprint density at radius 2 is 1.72 bits per heavy atom. The van der Waals surface area contributed by atoms with Crippen LogP contribution in [0.4, 0.5) is 0 Å². The fraction of sp³-hybridized carbons (Fsp3) is 0.941. The van der Waals surface area contributed by atoms with Crippen LogP contribution in [-0.4, -0.2) is 70.1 Å². The van der Waals surface area contributed by atoms with Crippen molar-refractivity contribution < 1.29 is 8.42 Å². The molecule has 0 bridgehead atoms. The minimum absolute atomic E-state index is 0. The molecule has 1 rings (SSSR count). The van der Waals surface area contributed by atoms with Crippen LogP contribution in [0.3, 0.4) is 0 Å². The summed E-state index contributed by atoms with van der Waals surface area (Å²) in [5, 5.41) is 6.33. The number of sulfone groups is 1. The maximum atomic E-state index is 11.3. The fourth-order valence-electron chi connectivity index (χ4n) is 3.06. The largest absolute Gasteiger partial charge is 0.357 e. The van der Waals surface area contributed by atoms with Crippen molar-refractivity contribution in [3.05, 3.63) is 0 Å². The summed E-state index contributed by atoms with van der Waals surface area (Å²) in [6.45, 7) is 10.8. The van der Waals surface area contributed by atoms with Crippen LogP contribution >= 0.6 is 24.0 Å². The maximum Gasteiger partial charge on any atom is 0.191 e. The first-order valence-corrected chi connectivity index (χ1v) is 11.3. The zero-order chi connectivity index (χ0) is 18.0. The van der Waals surface area contributed by atoms with Gasteiger partial charge >= 0.3 is 0 Å². The second-order valence-electron chi connectivity index (χ2n) is 7.04. The molecule has 1 saturated heterocycles. The molecule has 0 saturated carbocycles. The number of rotatable bonds is 8. The molecule has 0 aromatic carbocycles. The Hall–Kier alpha value is -0.0900. The van der Waals surface area contributed by atoms with Crippen molar-refractivity contribution in [2.75, 3.05) is 44.7 Å². The minimum atomic E-state index is -2.95. The van der Waals surface area contributed by atoms with Gasteiger partial charge in [0.15, 0.2) is 5.96 Å². The first-order valence-electron chi connectivity index (χ1n) is 9.27. The lowest BCUT2D eigenvalue weighted by Gasteiger charge is -2.32. The number of nitrogens with one attached hydrogen (secondary N) is 2. The van der Waals surface area contributed by atoms with E-state index in [2.05, 4.69) is 29.4 Å². The van der Waals surface area contributed by atoms with Crippen molar-refractivity contribution in [2.45, 2.75) is 52.5 Å². The van der Waals surface area contributed by atoms with Crippen LogP contribution in [0.2, 0.25) is 0 Å². The van der Waals surface area contributed by atoms with E-state index in [1.807, 2.05) is 6.92 Å². The van der Waals surface area contributed by atoms with Crippen LogP contribution < -0.4 is 10.6 Å². The summed E-state index contributed by atoms with van der Waals surface area (Å²) in [6, 6.07) is 0.438. The van der Waals surface area contributed by atoms with Gasteiger partial charge in [0.2, 0.25) is 0 Å². The molecule has 6 nitrogen and oxygen atoms in total. The van der Waals surface area contributed by atoms with Crippen molar-refractivity contribution >= 4 is 39.8 Å². The molecular formula is C17H37IN4O2S. The SMILES string of the molecule is CCNC(=NCC(C(C)C)N1CCCCCC1)NCCS(C)(=O)=O.I. The third-order valence-corrected chi connectivity index (χ3v) is 5.37. The van der Waals surface area contributed by atoms with Crippen molar-refractivity contribution in [3.63, 3.8) is 0 Å². The molecule has 1 aliphatic rings. The summed E-state index contributed by atoms with van der Waals surface area (Å²) in [7, 11) is -2.95. The molecule has 0 spiro atoms. The molecule has 0 amide bonds. The van der Waals surface area contributed by atoms with Gasteiger partial charge in [-0.25, -0.2) is 8.42 Å². The van der Waals surface area contributed by atoms with Gasteiger partial charge in [0.25, 0.3) is 0 Å². The van der Waals surface area contributed by atoms with Crippen LogP contribution in [-0.2, 0) is 9.84 Å². The van der Waals surface area contributed by atoms with E-state index >= 15 is 0 Å². The summed E-state index contributed by atoms with van der Waals surface area (Å²) in [5.41, 5.74) is 0. The van der Waals surface area contributed by atoms with E-state index in [0.29, 0.717) is 24.5 Å². The highest BCUT2D eigenvalue weighted by Crippen LogP contribution is 2.17. The molecule has 1 atom stereocenters. The van der Waals surface area contributed by atoms with E-state index in [9.17, 15) is 8.42 Å². The summed E-state index contributed by atoms with van der Waals surface area (Å²) in [4.78, 5) is 7.30. The van der Waals surface area contributed by atoms with Gasteiger partial charge in [0, 0.05) is 25.4 Å².